The first-order valence-electron chi connectivity index (χ1n) is 12.0. The Morgan fingerprint density at radius 1 is 0.588 bits per heavy atom. The molecule has 1 aromatic heterocycles. The zero-order valence-electron chi connectivity index (χ0n) is 19.8. The summed E-state index contributed by atoms with van der Waals surface area (Å²) < 4.78 is 0. The zero-order chi connectivity index (χ0) is 23.2. The largest absolute Gasteiger partial charge is 0.256 e. The Morgan fingerprint density at radius 2 is 1.29 bits per heavy atom. The molecule has 5 aromatic carbocycles. The van der Waals surface area contributed by atoms with Crippen molar-refractivity contribution in [1.82, 2.24) is 4.98 Å². The van der Waals surface area contributed by atoms with Crippen LogP contribution in [0.2, 0.25) is 0 Å². The smallest absolute Gasteiger partial charge is 0.0780 e. The Labute approximate surface area is 200 Å². The van der Waals surface area contributed by atoms with Crippen molar-refractivity contribution in [2.24, 2.45) is 0 Å². The van der Waals surface area contributed by atoms with Gasteiger partial charge >= 0.3 is 0 Å². The first kappa shape index (κ1) is 20.6. The van der Waals surface area contributed by atoms with Crippen LogP contribution in [0.4, 0.5) is 0 Å². The molecule has 0 bridgehead atoms. The van der Waals surface area contributed by atoms with Crippen molar-refractivity contribution in [3.63, 3.8) is 0 Å². The van der Waals surface area contributed by atoms with Gasteiger partial charge < -0.3 is 0 Å². The van der Waals surface area contributed by atoms with Crippen LogP contribution >= 0.6 is 0 Å². The quantitative estimate of drug-likeness (QED) is 0.251. The second-order valence-corrected chi connectivity index (χ2v) is 9.54. The van der Waals surface area contributed by atoms with E-state index in [9.17, 15) is 0 Å². The Hall–Kier alpha value is -3.97. The van der Waals surface area contributed by atoms with Gasteiger partial charge in [-0.15, -0.1) is 0 Å². The topological polar surface area (TPSA) is 12.9 Å². The number of aryl methyl sites for hydroxylation is 1. The van der Waals surface area contributed by atoms with E-state index in [4.69, 9.17) is 4.98 Å². The number of pyridine rings is 1. The number of rotatable bonds is 3. The van der Waals surface area contributed by atoms with Crippen molar-refractivity contribution >= 4 is 32.3 Å². The van der Waals surface area contributed by atoms with E-state index in [2.05, 4.69) is 118 Å². The number of nitrogens with zero attached hydrogens (tertiary/aromatic N) is 1. The highest BCUT2D eigenvalue weighted by molar-refractivity contribution is 6.20. The molecule has 6 rings (SSSR count). The second kappa shape index (κ2) is 8.11. The van der Waals surface area contributed by atoms with E-state index < -0.39 is 0 Å². The number of hydrogen-bond donors (Lipinski definition) is 0. The standard InChI is InChI=1S/C33H27N/c1-21(2)31-20-24-11-7-8-12-27(24)28-13-14-30-29(32(28)31)15-16-34-33(30)26-18-22(3)17-25(19-26)23-9-5-4-6-10-23/h4-21H,1-3H3. The van der Waals surface area contributed by atoms with Crippen LogP contribution in [0.15, 0.2) is 103 Å². The van der Waals surface area contributed by atoms with Gasteiger partial charge in [0, 0.05) is 17.1 Å². The second-order valence-electron chi connectivity index (χ2n) is 9.54. The summed E-state index contributed by atoms with van der Waals surface area (Å²) in [7, 11) is 0. The third-order valence-corrected chi connectivity index (χ3v) is 6.88. The van der Waals surface area contributed by atoms with Crippen molar-refractivity contribution in [3.05, 3.63) is 114 Å². The highest BCUT2D eigenvalue weighted by atomic mass is 14.7. The first-order valence-corrected chi connectivity index (χ1v) is 12.0. The van der Waals surface area contributed by atoms with Gasteiger partial charge in [0.05, 0.1) is 5.69 Å². The lowest BCUT2D eigenvalue weighted by molar-refractivity contribution is 0.878. The summed E-state index contributed by atoms with van der Waals surface area (Å²) >= 11 is 0. The molecule has 34 heavy (non-hydrogen) atoms. The number of fused-ring (bicyclic) bond motifs is 5. The average molecular weight is 438 g/mol. The summed E-state index contributed by atoms with van der Waals surface area (Å²) in [4.78, 5) is 4.90. The van der Waals surface area contributed by atoms with E-state index >= 15 is 0 Å². The van der Waals surface area contributed by atoms with Crippen LogP contribution in [-0.4, -0.2) is 4.98 Å². The first-order chi connectivity index (χ1) is 16.6. The Bertz CT molecular complexity index is 1680. The molecule has 0 spiro atoms. The minimum atomic E-state index is 0.429. The maximum absolute atomic E-state index is 4.90. The molecule has 0 radical (unpaired) electrons. The van der Waals surface area contributed by atoms with E-state index in [0.29, 0.717) is 5.92 Å². The Balaban J connectivity index is 1.67. The predicted molar refractivity (Wildman–Crippen MR) is 146 cm³/mol. The van der Waals surface area contributed by atoms with E-state index in [1.54, 1.807) is 0 Å². The fourth-order valence-corrected chi connectivity index (χ4v) is 5.30. The molecular weight excluding hydrogens is 410 g/mol. The molecule has 0 fully saturated rings. The minimum absolute atomic E-state index is 0.429. The van der Waals surface area contributed by atoms with E-state index in [1.165, 1.54) is 54.6 Å². The van der Waals surface area contributed by atoms with E-state index in [1.807, 2.05) is 6.20 Å². The molecule has 0 atom stereocenters. The number of hydrogen-bond acceptors (Lipinski definition) is 1. The van der Waals surface area contributed by atoms with E-state index in [-0.39, 0.29) is 0 Å². The lowest BCUT2D eigenvalue weighted by atomic mass is 9.88. The molecule has 6 aromatic rings. The fraction of sp³-hybridized carbons (Fsp3) is 0.121. The zero-order valence-corrected chi connectivity index (χ0v) is 19.8. The van der Waals surface area contributed by atoms with Gasteiger partial charge in [0.15, 0.2) is 0 Å². The van der Waals surface area contributed by atoms with E-state index in [0.717, 1.165) is 11.3 Å². The molecule has 0 saturated carbocycles. The highest BCUT2D eigenvalue weighted by Crippen LogP contribution is 2.40. The van der Waals surface area contributed by atoms with Crippen LogP contribution in [0, 0.1) is 6.92 Å². The van der Waals surface area contributed by atoms with Crippen LogP contribution in [0.1, 0.15) is 30.9 Å². The van der Waals surface area contributed by atoms with Gasteiger partial charge in [-0.25, -0.2) is 0 Å². The lowest BCUT2D eigenvalue weighted by Crippen LogP contribution is -1.94. The van der Waals surface area contributed by atoms with Crippen molar-refractivity contribution in [2.75, 3.05) is 0 Å². The van der Waals surface area contributed by atoms with Crippen LogP contribution in [0.5, 0.6) is 0 Å². The molecule has 164 valence electrons. The molecule has 0 N–H and O–H groups in total. The normalized spacial score (nSPS) is 11.6. The van der Waals surface area contributed by atoms with Crippen LogP contribution in [0.25, 0.3) is 54.7 Å². The van der Waals surface area contributed by atoms with Crippen molar-refractivity contribution in [1.29, 1.82) is 0 Å². The van der Waals surface area contributed by atoms with Crippen LogP contribution in [-0.2, 0) is 0 Å². The minimum Gasteiger partial charge on any atom is -0.256 e. The molecule has 0 saturated heterocycles. The Kier molecular flexibility index (Phi) is 4.92. The van der Waals surface area contributed by atoms with Gasteiger partial charge in [-0.1, -0.05) is 92.7 Å². The maximum atomic E-state index is 4.90. The summed E-state index contributed by atoms with van der Waals surface area (Å²) in [5.74, 6) is 0.429. The van der Waals surface area contributed by atoms with Gasteiger partial charge in [-0.05, 0) is 80.2 Å². The third kappa shape index (κ3) is 3.36. The summed E-state index contributed by atoms with van der Waals surface area (Å²) in [5, 5.41) is 7.77. The van der Waals surface area contributed by atoms with Crippen molar-refractivity contribution in [3.8, 4) is 22.4 Å². The molecule has 0 amide bonds. The van der Waals surface area contributed by atoms with Gasteiger partial charge in [-0.3, -0.25) is 4.98 Å². The molecule has 0 aliphatic rings. The van der Waals surface area contributed by atoms with Crippen molar-refractivity contribution < 1.29 is 0 Å². The molecule has 0 unspecified atom stereocenters. The van der Waals surface area contributed by atoms with Crippen LogP contribution in [0.3, 0.4) is 0 Å². The number of aromatic nitrogens is 1. The number of benzene rings is 5. The molecular formula is C33H27N. The van der Waals surface area contributed by atoms with Gasteiger partial charge in [0.1, 0.15) is 0 Å². The maximum Gasteiger partial charge on any atom is 0.0780 e. The van der Waals surface area contributed by atoms with Crippen molar-refractivity contribution in [2.45, 2.75) is 26.7 Å². The molecule has 1 heterocycles. The summed E-state index contributed by atoms with van der Waals surface area (Å²) in [6.07, 6.45) is 1.97. The Morgan fingerprint density at radius 3 is 2.12 bits per heavy atom. The summed E-state index contributed by atoms with van der Waals surface area (Å²) in [6.45, 7) is 6.74. The van der Waals surface area contributed by atoms with Gasteiger partial charge in [0.2, 0.25) is 0 Å². The van der Waals surface area contributed by atoms with Gasteiger partial charge in [0.25, 0.3) is 0 Å². The molecule has 0 aliphatic heterocycles. The summed E-state index contributed by atoms with van der Waals surface area (Å²) in [6, 6.07) is 35.2. The SMILES string of the molecule is Cc1cc(-c2ccccc2)cc(-c2nccc3c2ccc2c4ccccc4cc(C(C)C)c32)c1. The average Bonchev–Trinajstić information content (AvgIpc) is 2.87. The highest BCUT2D eigenvalue weighted by Gasteiger charge is 2.15. The third-order valence-electron chi connectivity index (χ3n) is 6.88. The van der Waals surface area contributed by atoms with Crippen LogP contribution < -0.4 is 0 Å². The molecule has 0 aliphatic carbocycles. The molecule has 1 heteroatoms. The summed E-state index contributed by atoms with van der Waals surface area (Å²) in [5.41, 5.74) is 7.30. The molecule has 1 nitrogen and oxygen atoms in total. The fourth-order valence-electron chi connectivity index (χ4n) is 5.30. The lowest BCUT2D eigenvalue weighted by Gasteiger charge is -2.17. The monoisotopic (exact) mass is 437 g/mol. The van der Waals surface area contributed by atoms with Gasteiger partial charge in [-0.2, -0.15) is 0 Å². The predicted octanol–water partition coefficient (Wildman–Crippen LogP) is 9.31.